The van der Waals surface area contributed by atoms with Gasteiger partial charge in [0.25, 0.3) is 0 Å². The lowest BCUT2D eigenvalue weighted by Gasteiger charge is -2.28. The van der Waals surface area contributed by atoms with Crippen molar-refractivity contribution in [3.8, 4) is 5.75 Å². The van der Waals surface area contributed by atoms with E-state index in [-0.39, 0.29) is 11.9 Å². The van der Waals surface area contributed by atoms with Crippen LogP contribution in [0, 0.1) is 6.92 Å². The van der Waals surface area contributed by atoms with Crippen molar-refractivity contribution >= 4 is 5.91 Å². The molecule has 6 nitrogen and oxygen atoms in total. The number of amides is 1. The third kappa shape index (κ3) is 4.11. The molecule has 0 saturated carbocycles. The quantitative estimate of drug-likeness (QED) is 0.881. The molecule has 0 aliphatic carbocycles. The monoisotopic (exact) mass is 366 g/mol. The fourth-order valence-corrected chi connectivity index (χ4v) is 3.74. The predicted octanol–water partition coefficient (Wildman–Crippen LogP) is 2.56. The standard InChI is InChI=1S/C21H26N4O2/c1-15-5-2-3-7-19(15)27-12-9-20(26)25-11-8-17-16(14-25)13-23-21(24-17)18-6-4-10-22-18/h2-3,5,7,13,18,22H,4,6,8-12,14H2,1H3/t18-/m0/s1. The molecule has 1 saturated heterocycles. The van der Waals surface area contributed by atoms with Crippen LogP contribution in [0.15, 0.2) is 30.5 Å². The van der Waals surface area contributed by atoms with E-state index < -0.39 is 0 Å². The number of carbonyl (C=O) groups excluding carboxylic acids is 1. The van der Waals surface area contributed by atoms with Crippen LogP contribution in [0.3, 0.4) is 0 Å². The van der Waals surface area contributed by atoms with Crippen LogP contribution in [0.25, 0.3) is 0 Å². The third-order valence-electron chi connectivity index (χ3n) is 5.34. The number of rotatable bonds is 5. The number of aromatic nitrogens is 2. The Morgan fingerprint density at radius 2 is 2.26 bits per heavy atom. The number of nitrogens with zero attached hydrogens (tertiary/aromatic N) is 3. The van der Waals surface area contributed by atoms with Crippen molar-refractivity contribution < 1.29 is 9.53 Å². The van der Waals surface area contributed by atoms with Crippen LogP contribution in [-0.2, 0) is 17.8 Å². The van der Waals surface area contributed by atoms with Gasteiger partial charge in [-0.1, -0.05) is 18.2 Å². The first-order valence-electron chi connectivity index (χ1n) is 9.75. The van der Waals surface area contributed by atoms with E-state index in [1.807, 2.05) is 42.3 Å². The van der Waals surface area contributed by atoms with Gasteiger partial charge in [-0.25, -0.2) is 9.97 Å². The number of nitrogens with one attached hydrogen (secondary N) is 1. The Morgan fingerprint density at radius 3 is 3.07 bits per heavy atom. The van der Waals surface area contributed by atoms with E-state index in [4.69, 9.17) is 9.72 Å². The number of hydrogen-bond donors (Lipinski definition) is 1. The van der Waals surface area contributed by atoms with Crippen LogP contribution < -0.4 is 10.1 Å². The maximum atomic E-state index is 12.6. The van der Waals surface area contributed by atoms with E-state index in [1.54, 1.807) is 0 Å². The number of para-hydroxylation sites is 1. The van der Waals surface area contributed by atoms with Crippen LogP contribution in [0.4, 0.5) is 0 Å². The lowest BCUT2D eigenvalue weighted by molar-refractivity contribution is -0.132. The lowest BCUT2D eigenvalue weighted by atomic mass is 10.1. The second-order valence-corrected chi connectivity index (χ2v) is 7.28. The molecule has 0 bridgehead atoms. The minimum Gasteiger partial charge on any atom is -0.493 e. The molecule has 2 aromatic rings. The van der Waals surface area contributed by atoms with Gasteiger partial charge >= 0.3 is 0 Å². The molecule has 1 N–H and O–H groups in total. The van der Waals surface area contributed by atoms with E-state index in [1.165, 1.54) is 6.42 Å². The summed E-state index contributed by atoms with van der Waals surface area (Å²) in [5, 5.41) is 3.44. The molecule has 1 aromatic carbocycles. The Bertz CT molecular complexity index is 818. The topological polar surface area (TPSA) is 67.3 Å². The van der Waals surface area contributed by atoms with Crippen molar-refractivity contribution in [3.05, 3.63) is 53.1 Å². The number of fused-ring (bicyclic) bond motifs is 1. The molecule has 2 aliphatic rings. The highest BCUT2D eigenvalue weighted by atomic mass is 16.5. The highest BCUT2D eigenvalue weighted by Crippen LogP contribution is 2.23. The second kappa shape index (κ2) is 8.05. The Morgan fingerprint density at radius 1 is 1.37 bits per heavy atom. The van der Waals surface area contributed by atoms with Gasteiger partial charge in [0, 0.05) is 31.3 Å². The van der Waals surface area contributed by atoms with Gasteiger partial charge in [0.1, 0.15) is 11.6 Å². The highest BCUT2D eigenvalue weighted by molar-refractivity contribution is 5.76. The first-order chi connectivity index (χ1) is 13.2. The van der Waals surface area contributed by atoms with Crippen molar-refractivity contribution in [3.63, 3.8) is 0 Å². The normalized spacial score (nSPS) is 19.0. The van der Waals surface area contributed by atoms with Crippen molar-refractivity contribution in [1.29, 1.82) is 0 Å². The summed E-state index contributed by atoms with van der Waals surface area (Å²) in [6.45, 7) is 4.75. The van der Waals surface area contributed by atoms with Gasteiger partial charge in [-0.2, -0.15) is 0 Å². The summed E-state index contributed by atoms with van der Waals surface area (Å²) < 4.78 is 5.76. The minimum atomic E-state index is 0.121. The van der Waals surface area contributed by atoms with Crippen LogP contribution in [-0.4, -0.2) is 40.5 Å². The summed E-state index contributed by atoms with van der Waals surface area (Å²) in [6, 6.07) is 8.16. The van der Waals surface area contributed by atoms with E-state index in [9.17, 15) is 4.79 Å². The number of aryl methyl sites for hydroxylation is 1. The average molecular weight is 366 g/mol. The Hall–Kier alpha value is -2.47. The van der Waals surface area contributed by atoms with Gasteiger partial charge in [-0.05, 0) is 37.9 Å². The molecule has 1 atom stereocenters. The van der Waals surface area contributed by atoms with E-state index >= 15 is 0 Å². The summed E-state index contributed by atoms with van der Waals surface area (Å²) in [4.78, 5) is 23.8. The fourth-order valence-electron chi connectivity index (χ4n) is 3.74. The van der Waals surface area contributed by atoms with E-state index in [0.29, 0.717) is 26.1 Å². The smallest absolute Gasteiger partial charge is 0.226 e. The van der Waals surface area contributed by atoms with Crippen LogP contribution in [0.2, 0.25) is 0 Å². The SMILES string of the molecule is Cc1ccccc1OCCC(=O)N1CCc2nc([C@@H]3CCCN3)ncc2C1. The first-order valence-corrected chi connectivity index (χ1v) is 9.75. The van der Waals surface area contributed by atoms with Crippen LogP contribution in [0.1, 0.15) is 47.9 Å². The number of benzene rings is 1. The van der Waals surface area contributed by atoms with Gasteiger partial charge in [-0.15, -0.1) is 0 Å². The molecule has 0 spiro atoms. The zero-order valence-electron chi connectivity index (χ0n) is 15.8. The van der Waals surface area contributed by atoms with Gasteiger partial charge in [0.05, 0.1) is 24.8 Å². The van der Waals surface area contributed by atoms with Crippen molar-refractivity contribution in [2.75, 3.05) is 19.7 Å². The molecule has 1 aromatic heterocycles. The summed E-state index contributed by atoms with van der Waals surface area (Å²) in [5.74, 6) is 1.86. The number of ether oxygens (including phenoxy) is 1. The van der Waals surface area contributed by atoms with Gasteiger partial charge in [-0.3, -0.25) is 4.79 Å². The average Bonchev–Trinajstić information content (AvgIpc) is 3.23. The van der Waals surface area contributed by atoms with Gasteiger partial charge < -0.3 is 15.0 Å². The lowest BCUT2D eigenvalue weighted by Crippen LogP contribution is -2.37. The summed E-state index contributed by atoms with van der Waals surface area (Å²) in [6.07, 6.45) is 5.36. The highest BCUT2D eigenvalue weighted by Gasteiger charge is 2.25. The molecule has 6 heteroatoms. The summed E-state index contributed by atoms with van der Waals surface area (Å²) in [7, 11) is 0. The maximum absolute atomic E-state index is 12.6. The molecular formula is C21H26N4O2. The fraction of sp³-hybridized carbons (Fsp3) is 0.476. The summed E-state index contributed by atoms with van der Waals surface area (Å²) >= 11 is 0. The molecule has 27 heavy (non-hydrogen) atoms. The molecule has 4 rings (SSSR count). The number of hydrogen-bond acceptors (Lipinski definition) is 5. The summed E-state index contributed by atoms with van der Waals surface area (Å²) in [5.41, 5.74) is 3.24. The van der Waals surface area contributed by atoms with E-state index in [2.05, 4.69) is 10.3 Å². The van der Waals surface area contributed by atoms with Gasteiger partial charge in [0.15, 0.2) is 0 Å². The Labute approximate surface area is 160 Å². The zero-order chi connectivity index (χ0) is 18.6. The first kappa shape index (κ1) is 17.9. The van der Waals surface area contributed by atoms with Crippen molar-refractivity contribution in [2.45, 2.75) is 45.2 Å². The largest absolute Gasteiger partial charge is 0.493 e. The molecule has 142 valence electrons. The molecule has 1 fully saturated rings. The van der Waals surface area contributed by atoms with Crippen molar-refractivity contribution in [2.24, 2.45) is 0 Å². The Balaban J connectivity index is 1.32. The predicted molar refractivity (Wildman–Crippen MR) is 102 cm³/mol. The molecule has 0 unspecified atom stereocenters. The maximum Gasteiger partial charge on any atom is 0.226 e. The molecule has 1 amide bonds. The molecular weight excluding hydrogens is 340 g/mol. The molecule has 3 heterocycles. The third-order valence-corrected chi connectivity index (χ3v) is 5.34. The van der Waals surface area contributed by atoms with Crippen molar-refractivity contribution in [1.82, 2.24) is 20.2 Å². The minimum absolute atomic E-state index is 0.121. The van der Waals surface area contributed by atoms with E-state index in [0.717, 1.165) is 47.8 Å². The van der Waals surface area contributed by atoms with Crippen LogP contribution >= 0.6 is 0 Å². The second-order valence-electron chi connectivity index (χ2n) is 7.28. The van der Waals surface area contributed by atoms with Gasteiger partial charge in [0.2, 0.25) is 5.91 Å². The molecule has 2 aliphatic heterocycles. The number of carbonyl (C=O) groups is 1. The van der Waals surface area contributed by atoms with Crippen LogP contribution in [0.5, 0.6) is 5.75 Å². The Kier molecular flexibility index (Phi) is 5.34. The molecule has 0 radical (unpaired) electrons. The zero-order valence-corrected chi connectivity index (χ0v) is 15.8.